The van der Waals surface area contributed by atoms with Gasteiger partial charge < -0.3 is 19.9 Å². The average Bonchev–Trinajstić information content (AvgIpc) is 3.12. The molecule has 1 aliphatic rings. The molecule has 0 bridgehead atoms. The Morgan fingerprint density at radius 2 is 2.17 bits per heavy atom. The molecule has 2 atom stereocenters. The van der Waals surface area contributed by atoms with Gasteiger partial charge in [0.05, 0.1) is 17.8 Å². The Balaban J connectivity index is 1.91. The van der Waals surface area contributed by atoms with Gasteiger partial charge in [-0.15, -0.1) is 0 Å². The van der Waals surface area contributed by atoms with E-state index in [-0.39, 0.29) is 12.1 Å². The number of aryl methyl sites for hydroxylation is 1. The van der Waals surface area contributed by atoms with Crippen LogP contribution in [0.5, 0.6) is 0 Å². The fourth-order valence-electron chi connectivity index (χ4n) is 3.06. The van der Waals surface area contributed by atoms with Gasteiger partial charge in [0.15, 0.2) is 5.11 Å². The smallest absolute Gasteiger partial charge is 0.170 e. The number of rotatable bonds is 6. The lowest BCUT2D eigenvalue weighted by Crippen LogP contribution is -2.31. The maximum Gasteiger partial charge on any atom is 0.170 e. The highest BCUT2D eigenvalue weighted by atomic mass is 32.1. The molecule has 2 aromatic heterocycles. The summed E-state index contributed by atoms with van der Waals surface area (Å²) in [5.74, 6) is 0. The van der Waals surface area contributed by atoms with Crippen LogP contribution in [0.3, 0.4) is 0 Å². The summed E-state index contributed by atoms with van der Waals surface area (Å²) >= 11 is 5.58. The summed E-state index contributed by atoms with van der Waals surface area (Å²) in [6.07, 6.45) is 2.76. The quantitative estimate of drug-likeness (QED) is 0.630. The predicted molar refractivity (Wildman–Crippen MR) is 94.2 cm³/mol. The monoisotopic (exact) mass is 330 g/mol. The summed E-state index contributed by atoms with van der Waals surface area (Å²) in [5.41, 5.74) is 3.30. The molecule has 1 aliphatic heterocycles. The Bertz CT molecular complexity index is 658. The molecule has 2 aromatic rings. The lowest BCUT2D eigenvalue weighted by atomic mass is 10.0. The zero-order valence-electron chi connectivity index (χ0n) is 13.5. The molecule has 23 heavy (non-hydrogen) atoms. The van der Waals surface area contributed by atoms with E-state index in [2.05, 4.69) is 39.2 Å². The van der Waals surface area contributed by atoms with Crippen LogP contribution in [0, 0.1) is 6.92 Å². The van der Waals surface area contributed by atoms with Crippen molar-refractivity contribution in [1.29, 1.82) is 0 Å². The zero-order chi connectivity index (χ0) is 16.2. The molecule has 2 N–H and O–H groups in total. The number of ether oxygens (including phenoxy) is 1. The van der Waals surface area contributed by atoms with Gasteiger partial charge in [0.2, 0.25) is 0 Å². The summed E-state index contributed by atoms with van der Waals surface area (Å²) in [5, 5.41) is 4.21. The first-order valence-electron chi connectivity index (χ1n) is 7.83. The first-order valence-corrected chi connectivity index (χ1v) is 8.24. The molecular formula is C17H22N4OS. The van der Waals surface area contributed by atoms with Crippen molar-refractivity contribution in [2.75, 3.05) is 20.3 Å². The molecule has 1 fully saturated rings. The third-order valence-electron chi connectivity index (χ3n) is 4.12. The first kappa shape index (κ1) is 16.0. The highest BCUT2D eigenvalue weighted by Gasteiger charge is 2.39. The molecular weight excluding hydrogens is 308 g/mol. The van der Waals surface area contributed by atoms with E-state index in [0.717, 1.165) is 41.8 Å². The Kier molecular flexibility index (Phi) is 4.93. The van der Waals surface area contributed by atoms with Crippen molar-refractivity contribution in [3.05, 3.63) is 53.6 Å². The molecule has 1 saturated heterocycles. The van der Waals surface area contributed by atoms with Crippen LogP contribution in [0.25, 0.3) is 0 Å². The van der Waals surface area contributed by atoms with Crippen LogP contribution in [0.1, 0.15) is 35.6 Å². The van der Waals surface area contributed by atoms with Crippen molar-refractivity contribution >= 4 is 17.3 Å². The molecule has 3 heterocycles. The Hall–Kier alpha value is -1.92. The average molecular weight is 330 g/mol. The normalized spacial score (nSPS) is 20.8. The van der Waals surface area contributed by atoms with Crippen LogP contribution in [-0.2, 0) is 4.74 Å². The van der Waals surface area contributed by atoms with Crippen molar-refractivity contribution in [3.63, 3.8) is 0 Å². The van der Waals surface area contributed by atoms with Gasteiger partial charge in [-0.1, -0.05) is 6.07 Å². The van der Waals surface area contributed by atoms with Gasteiger partial charge in [-0.3, -0.25) is 4.98 Å². The van der Waals surface area contributed by atoms with Gasteiger partial charge in [0, 0.05) is 37.8 Å². The number of nitrogens with one attached hydrogen (secondary N) is 2. The van der Waals surface area contributed by atoms with E-state index in [9.17, 15) is 0 Å². The number of thiocarbonyl (C=S) groups is 1. The van der Waals surface area contributed by atoms with E-state index in [1.54, 1.807) is 7.11 Å². The molecule has 0 aromatic carbocycles. The fraction of sp³-hybridized carbons (Fsp3) is 0.412. The van der Waals surface area contributed by atoms with Crippen LogP contribution < -0.4 is 5.32 Å². The molecule has 0 unspecified atom stereocenters. The van der Waals surface area contributed by atoms with Crippen LogP contribution in [0.15, 0.2) is 36.5 Å². The molecule has 0 spiro atoms. The van der Waals surface area contributed by atoms with E-state index in [0.29, 0.717) is 0 Å². The molecule has 0 amide bonds. The van der Waals surface area contributed by atoms with Crippen LogP contribution >= 0.6 is 12.2 Å². The van der Waals surface area contributed by atoms with E-state index in [4.69, 9.17) is 17.0 Å². The molecule has 0 saturated carbocycles. The maximum atomic E-state index is 5.58. The van der Waals surface area contributed by atoms with Gasteiger partial charge in [-0.2, -0.15) is 0 Å². The van der Waals surface area contributed by atoms with Gasteiger partial charge in [0.25, 0.3) is 0 Å². The van der Waals surface area contributed by atoms with Crippen molar-refractivity contribution in [1.82, 2.24) is 20.2 Å². The van der Waals surface area contributed by atoms with Gasteiger partial charge in [0.1, 0.15) is 0 Å². The minimum atomic E-state index is 0.0456. The van der Waals surface area contributed by atoms with E-state index in [1.807, 2.05) is 24.4 Å². The molecule has 3 rings (SSSR count). The second kappa shape index (κ2) is 7.10. The highest BCUT2D eigenvalue weighted by Crippen LogP contribution is 2.37. The molecule has 0 aliphatic carbocycles. The predicted octanol–water partition coefficient (Wildman–Crippen LogP) is 2.73. The highest BCUT2D eigenvalue weighted by molar-refractivity contribution is 7.80. The second-order valence-electron chi connectivity index (χ2n) is 5.76. The summed E-state index contributed by atoms with van der Waals surface area (Å²) in [6.45, 7) is 3.64. The van der Waals surface area contributed by atoms with Gasteiger partial charge in [-0.25, -0.2) is 0 Å². The SMILES string of the molecule is COCCCN1C(=S)N[C@@H](c2ccccn2)[C@H]1c1ccc(C)[nH]1. The summed E-state index contributed by atoms with van der Waals surface area (Å²) < 4.78 is 5.18. The lowest BCUT2D eigenvalue weighted by molar-refractivity contribution is 0.180. The Morgan fingerprint density at radius 3 is 2.83 bits per heavy atom. The standard InChI is InChI=1S/C17H22N4OS/c1-12-7-8-14(19-12)16-15(13-6-3-4-9-18-13)20-17(23)21(16)10-5-11-22-2/h3-4,6-9,15-16,19H,5,10-11H2,1-2H3,(H,20,23)/t15-,16+/m0/s1. The Labute approximate surface area is 142 Å². The molecule has 6 heteroatoms. The van der Waals surface area contributed by atoms with Crippen LogP contribution in [-0.4, -0.2) is 40.2 Å². The fourth-order valence-corrected chi connectivity index (χ4v) is 3.39. The largest absolute Gasteiger partial charge is 0.385 e. The third-order valence-corrected chi connectivity index (χ3v) is 4.47. The lowest BCUT2D eigenvalue weighted by Gasteiger charge is -2.27. The molecule has 122 valence electrons. The summed E-state index contributed by atoms with van der Waals surface area (Å²) in [4.78, 5) is 10.2. The minimum Gasteiger partial charge on any atom is -0.385 e. The summed E-state index contributed by atoms with van der Waals surface area (Å²) in [6, 6.07) is 10.4. The number of hydrogen-bond donors (Lipinski definition) is 2. The zero-order valence-corrected chi connectivity index (χ0v) is 14.3. The van der Waals surface area contributed by atoms with Crippen molar-refractivity contribution < 1.29 is 4.74 Å². The number of pyridine rings is 1. The minimum absolute atomic E-state index is 0.0456. The molecule has 5 nitrogen and oxygen atoms in total. The van der Waals surface area contributed by atoms with Crippen LogP contribution in [0.2, 0.25) is 0 Å². The van der Waals surface area contributed by atoms with Crippen molar-refractivity contribution in [2.24, 2.45) is 0 Å². The summed E-state index contributed by atoms with van der Waals surface area (Å²) in [7, 11) is 1.73. The van der Waals surface area contributed by atoms with E-state index < -0.39 is 0 Å². The Morgan fingerprint density at radius 1 is 1.30 bits per heavy atom. The number of nitrogens with zero attached hydrogens (tertiary/aromatic N) is 2. The maximum absolute atomic E-state index is 5.58. The first-order chi connectivity index (χ1) is 11.2. The number of aromatic amines is 1. The van der Waals surface area contributed by atoms with Crippen molar-refractivity contribution in [2.45, 2.75) is 25.4 Å². The number of aromatic nitrogens is 2. The van der Waals surface area contributed by atoms with Crippen LogP contribution in [0.4, 0.5) is 0 Å². The van der Waals surface area contributed by atoms with E-state index in [1.165, 1.54) is 0 Å². The number of methoxy groups -OCH3 is 1. The number of hydrogen-bond acceptors (Lipinski definition) is 3. The number of H-pyrrole nitrogens is 1. The topological polar surface area (TPSA) is 53.2 Å². The van der Waals surface area contributed by atoms with Gasteiger partial charge >= 0.3 is 0 Å². The third kappa shape index (κ3) is 3.38. The molecule has 0 radical (unpaired) electrons. The second-order valence-corrected chi connectivity index (χ2v) is 6.15. The van der Waals surface area contributed by atoms with E-state index >= 15 is 0 Å². The van der Waals surface area contributed by atoms with Crippen molar-refractivity contribution in [3.8, 4) is 0 Å². The van der Waals surface area contributed by atoms with Gasteiger partial charge in [-0.05, 0) is 49.8 Å².